The lowest BCUT2D eigenvalue weighted by Gasteiger charge is -2.13. The lowest BCUT2D eigenvalue weighted by atomic mass is 10.2. The van der Waals surface area contributed by atoms with Crippen LogP contribution in [-0.4, -0.2) is 28.5 Å². The van der Waals surface area contributed by atoms with E-state index in [-0.39, 0.29) is 29.3 Å². The summed E-state index contributed by atoms with van der Waals surface area (Å²) in [4.78, 5) is 12.5. The molecule has 1 amide bonds. The molecular formula is C23H23ClN2O5S. The number of ether oxygens (including phenoxy) is 2. The molecule has 3 aromatic carbocycles. The Hall–Kier alpha value is -3.07. The van der Waals surface area contributed by atoms with Crippen LogP contribution in [0.15, 0.2) is 71.6 Å². The molecule has 0 radical (unpaired) electrons. The van der Waals surface area contributed by atoms with E-state index in [4.69, 9.17) is 21.1 Å². The molecule has 0 aliphatic carbocycles. The SMILES string of the molecule is COc1ccc(CNC(=O)c2ccc(OC)c(S(=O)(=O)NCc3ccc(Cl)cc3)c2)cc1. The van der Waals surface area contributed by atoms with E-state index in [0.717, 1.165) is 16.9 Å². The van der Waals surface area contributed by atoms with Crippen molar-refractivity contribution in [2.45, 2.75) is 18.0 Å². The molecule has 0 atom stereocenters. The Morgan fingerprint density at radius 1 is 0.875 bits per heavy atom. The monoisotopic (exact) mass is 474 g/mol. The zero-order chi connectivity index (χ0) is 23.1. The molecule has 3 rings (SSSR count). The third-order valence-corrected chi connectivity index (χ3v) is 6.38. The Morgan fingerprint density at radius 2 is 1.50 bits per heavy atom. The van der Waals surface area contributed by atoms with Crippen molar-refractivity contribution in [3.8, 4) is 11.5 Å². The Labute approximate surface area is 192 Å². The van der Waals surface area contributed by atoms with Gasteiger partial charge in [-0.1, -0.05) is 35.9 Å². The highest BCUT2D eigenvalue weighted by Gasteiger charge is 2.21. The zero-order valence-corrected chi connectivity index (χ0v) is 19.2. The second kappa shape index (κ2) is 10.5. The van der Waals surface area contributed by atoms with Gasteiger partial charge in [0.1, 0.15) is 16.4 Å². The van der Waals surface area contributed by atoms with Crippen LogP contribution in [0.2, 0.25) is 5.02 Å². The van der Waals surface area contributed by atoms with E-state index >= 15 is 0 Å². The molecule has 0 aliphatic rings. The van der Waals surface area contributed by atoms with Gasteiger partial charge in [0.2, 0.25) is 10.0 Å². The number of hydrogen-bond donors (Lipinski definition) is 2. The van der Waals surface area contributed by atoms with Gasteiger partial charge in [0, 0.05) is 23.7 Å². The fourth-order valence-corrected chi connectivity index (χ4v) is 4.25. The number of nitrogens with one attached hydrogen (secondary N) is 2. The van der Waals surface area contributed by atoms with Crippen molar-refractivity contribution in [2.75, 3.05) is 14.2 Å². The predicted molar refractivity (Wildman–Crippen MR) is 123 cm³/mol. The number of rotatable bonds is 9. The molecule has 0 bridgehead atoms. The van der Waals surface area contributed by atoms with Crippen molar-refractivity contribution in [3.05, 3.63) is 88.4 Å². The molecule has 0 unspecified atom stereocenters. The summed E-state index contributed by atoms with van der Waals surface area (Å²) < 4.78 is 38.7. The number of benzene rings is 3. The molecule has 0 heterocycles. The largest absolute Gasteiger partial charge is 0.497 e. The standard InChI is InChI=1S/C23H23ClN2O5S/c1-30-20-10-5-16(6-11-20)14-25-23(27)18-7-12-21(31-2)22(13-18)32(28,29)26-15-17-3-8-19(24)9-4-17/h3-13,26H,14-15H2,1-2H3,(H,25,27). The fraction of sp³-hybridized carbons (Fsp3) is 0.174. The molecule has 3 aromatic rings. The first-order valence-corrected chi connectivity index (χ1v) is 11.5. The van der Waals surface area contributed by atoms with Gasteiger partial charge in [0.15, 0.2) is 0 Å². The van der Waals surface area contributed by atoms with Gasteiger partial charge in [-0.25, -0.2) is 13.1 Å². The number of halogens is 1. The summed E-state index contributed by atoms with van der Waals surface area (Å²) in [5.41, 5.74) is 1.82. The van der Waals surface area contributed by atoms with E-state index < -0.39 is 15.9 Å². The summed E-state index contributed by atoms with van der Waals surface area (Å²) in [6, 6.07) is 18.4. The first-order chi connectivity index (χ1) is 15.3. The van der Waals surface area contributed by atoms with Gasteiger partial charge in [0.05, 0.1) is 14.2 Å². The molecular weight excluding hydrogens is 452 g/mol. The molecule has 0 aliphatic heterocycles. The average Bonchev–Trinajstić information content (AvgIpc) is 2.82. The number of methoxy groups -OCH3 is 2. The summed E-state index contributed by atoms with van der Waals surface area (Å²) in [6.07, 6.45) is 0. The number of sulfonamides is 1. The van der Waals surface area contributed by atoms with Gasteiger partial charge in [-0.15, -0.1) is 0 Å². The number of carbonyl (C=O) groups excluding carboxylic acids is 1. The molecule has 0 saturated heterocycles. The third kappa shape index (κ3) is 6.00. The molecule has 7 nitrogen and oxygen atoms in total. The van der Waals surface area contributed by atoms with E-state index in [2.05, 4.69) is 10.0 Å². The smallest absolute Gasteiger partial charge is 0.251 e. The maximum Gasteiger partial charge on any atom is 0.251 e. The van der Waals surface area contributed by atoms with Crippen molar-refractivity contribution >= 4 is 27.5 Å². The summed E-state index contributed by atoms with van der Waals surface area (Å²) in [5, 5.41) is 3.35. The lowest BCUT2D eigenvalue weighted by Crippen LogP contribution is -2.26. The minimum atomic E-state index is -3.94. The van der Waals surface area contributed by atoms with Gasteiger partial charge in [-0.05, 0) is 53.6 Å². The molecule has 32 heavy (non-hydrogen) atoms. The number of hydrogen-bond acceptors (Lipinski definition) is 5. The summed E-state index contributed by atoms with van der Waals surface area (Å²) in [5.74, 6) is 0.453. The predicted octanol–water partition coefficient (Wildman–Crippen LogP) is 3.77. The number of carbonyl (C=O) groups is 1. The van der Waals surface area contributed by atoms with Crippen molar-refractivity contribution in [3.63, 3.8) is 0 Å². The van der Waals surface area contributed by atoms with Crippen LogP contribution in [-0.2, 0) is 23.1 Å². The Morgan fingerprint density at radius 3 is 2.12 bits per heavy atom. The maximum atomic E-state index is 12.9. The van der Waals surface area contributed by atoms with Crippen LogP contribution in [0.5, 0.6) is 11.5 Å². The molecule has 168 valence electrons. The summed E-state index contributed by atoms with van der Waals surface area (Å²) in [6.45, 7) is 0.350. The topological polar surface area (TPSA) is 93.7 Å². The highest BCUT2D eigenvalue weighted by atomic mass is 35.5. The Kier molecular flexibility index (Phi) is 7.74. The maximum absolute atomic E-state index is 12.9. The minimum absolute atomic E-state index is 0.0660. The molecule has 0 saturated carbocycles. The van der Waals surface area contributed by atoms with Crippen LogP contribution < -0.4 is 19.5 Å². The normalized spacial score (nSPS) is 11.1. The number of amides is 1. The highest BCUT2D eigenvalue weighted by Crippen LogP contribution is 2.25. The highest BCUT2D eigenvalue weighted by molar-refractivity contribution is 7.89. The minimum Gasteiger partial charge on any atom is -0.497 e. The Bertz CT molecular complexity index is 1180. The van der Waals surface area contributed by atoms with Crippen molar-refractivity contribution < 1.29 is 22.7 Å². The first kappa shape index (κ1) is 23.6. The Balaban J connectivity index is 1.74. The molecule has 0 fully saturated rings. The van der Waals surface area contributed by atoms with Crippen LogP contribution >= 0.6 is 11.6 Å². The van der Waals surface area contributed by atoms with Crippen LogP contribution in [0.25, 0.3) is 0 Å². The van der Waals surface area contributed by atoms with E-state index in [0.29, 0.717) is 5.02 Å². The molecule has 2 N–H and O–H groups in total. The molecule has 0 aromatic heterocycles. The van der Waals surface area contributed by atoms with Crippen LogP contribution in [0.1, 0.15) is 21.5 Å². The zero-order valence-electron chi connectivity index (χ0n) is 17.6. The summed E-state index contributed by atoms with van der Waals surface area (Å²) >= 11 is 5.86. The van der Waals surface area contributed by atoms with E-state index in [1.165, 1.54) is 25.3 Å². The fourth-order valence-electron chi connectivity index (χ4n) is 2.91. The van der Waals surface area contributed by atoms with Gasteiger partial charge in [0.25, 0.3) is 5.91 Å². The third-order valence-electron chi connectivity index (χ3n) is 4.71. The van der Waals surface area contributed by atoms with Crippen molar-refractivity contribution in [1.29, 1.82) is 0 Å². The van der Waals surface area contributed by atoms with Gasteiger partial charge < -0.3 is 14.8 Å². The quantitative estimate of drug-likeness (QED) is 0.492. The summed E-state index contributed by atoms with van der Waals surface area (Å²) in [7, 11) is -0.992. The van der Waals surface area contributed by atoms with E-state index in [1.54, 1.807) is 43.5 Å². The second-order valence-corrected chi connectivity index (χ2v) is 9.02. The first-order valence-electron chi connectivity index (χ1n) is 9.65. The van der Waals surface area contributed by atoms with Crippen molar-refractivity contribution in [2.24, 2.45) is 0 Å². The van der Waals surface area contributed by atoms with Crippen LogP contribution in [0, 0.1) is 0 Å². The van der Waals surface area contributed by atoms with E-state index in [1.807, 2.05) is 12.1 Å². The van der Waals surface area contributed by atoms with Crippen LogP contribution in [0.3, 0.4) is 0 Å². The van der Waals surface area contributed by atoms with Crippen LogP contribution in [0.4, 0.5) is 0 Å². The lowest BCUT2D eigenvalue weighted by molar-refractivity contribution is 0.0950. The van der Waals surface area contributed by atoms with Gasteiger partial charge in [-0.3, -0.25) is 4.79 Å². The van der Waals surface area contributed by atoms with Crippen molar-refractivity contribution in [1.82, 2.24) is 10.0 Å². The second-order valence-electron chi connectivity index (χ2n) is 6.85. The molecule has 0 spiro atoms. The van der Waals surface area contributed by atoms with E-state index in [9.17, 15) is 13.2 Å². The van der Waals surface area contributed by atoms with Gasteiger partial charge in [-0.2, -0.15) is 0 Å². The average molecular weight is 475 g/mol. The van der Waals surface area contributed by atoms with Gasteiger partial charge >= 0.3 is 0 Å². The molecule has 9 heteroatoms.